The largest absolute Gasteiger partial charge is 0.411 e. The molecule has 8 heteroatoms. The molecule has 2 nitrogen and oxygen atoms in total. The van der Waals surface area contributed by atoms with Gasteiger partial charge in [-0.3, -0.25) is 4.79 Å². The van der Waals surface area contributed by atoms with Gasteiger partial charge in [0.1, 0.15) is 0 Å². The third-order valence-corrected chi connectivity index (χ3v) is 3.41. The van der Waals surface area contributed by atoms with E-state index in [1.165, 1.54) is 0 Å². The zero-order chi connectivity index (χ0) is 16.9. The van der Waals surface area contributed by atoms with Crippen LogP contribution in [0.2, 0.25) is 0 Å². The van der Waals surface area contributed by atoms with E-state index >= 15 is 0 Å². The van der Waals surface area contributed by atoms with Crippen LogP contribution in [-0.4, -0.2) is 36.2 Å². The number of carbonyl (C=O) groups excluding carboxylic acids is 1. The standard InChI is InChI=1S/C13H21F6NO/c1-4-6-8-20(9-7-5-2)10(21)11(3,12(14,15)16)13(17,18)19/h4-9H2,1-3H3. The first-order valence-corrected chi connectivity index (χ1v) is 6.86. The van der Waals surface area contributed by atoms with Crippen molar-refractivity contribution in [2.75, 3.05) is 13.1 Å². The van der Waals surface area contributed by atoms with E-state index in [1.807, 2.05) is 0 Å². The first kappa shape index (κ1) is 20.1. The maximum absolute atomic E-state index is 12.9. The normalized spacial score (nSPS) is 13.4. The Morgan fingerprint density at radius 1 is 0.857 bits per heavy atom. The van der Waals surface area contributed by atoms with Crippen molar-refractivity contribution in [1.29, 1.82) is 0 Å². The lowest BCUT2D eigenvalue weighted by molar-refractivity contribution is -0.322. The summed E-state index contributed by atoms with van der Waals surface area (Å²) in [4.78, 5) is 12.6. The minimum atomic E-state index is -5.68. The highest BCUT2D eigenvalue weighted by atomic mass is 19.4. The van der Waals surface area contributed by atoms with Gasteiger partial charge in [-0.2, -0.15) is 26.3 Å². The summed E-state index contributed by atoms with van der Waals surface area (Å²) >= 11 is 0. The maximum Gasteiger partial charge on any atom is 0.411 e. The summed E-state index contributed by atoms with van der Waals surface area (Å²) in [7, 11) is 0. The van der Waals surface area contributed by atoms with Crippen molar-refractivity contribution in [1.82, 2.24) is 4.90 Å². The lowest BCUT2D eigenvalue weighted by Gasteiger charge is -2.37. The van der Waals surface area contributed by atoms with Crippen molar-refractivity contribution in [2.45, 2.75) is 58.8 Å². The lowest BCUT2D eigenvalue weighted by atomic mass is 9.86. The minimum absolute atomic E-state index is 0.0831. The molecular formula is C13H21F6NO. The number of rotatable bonds is 7. The average Bonchev–Trinajstić information content (AvgIpc) is 2.34. The van der Waals surface area contributed by atoms with Crippen LogP contribution in [0.25, 0.3) is 0 Å². The SMILES string of the molecule is CCCCN(CCCC)C(=O)C(C)(C(F)(F)F)C(F)(F)F. The molecule has 0 N–H and O–H groups in total. The van der Waals surface area contributed by atoms with Crippen LogP contribution in [0.4, 0.5) is 26.3 Å². The number of amides is 1. The minimum Gasteiger partial charge on any atom is -0.342 e. The van der Waals surface area contributed by atoms with E-state index in [9.17, 15) is 31.1 Å². The molecule has 0 aliphatic heterocycles. The summed E-state index contributed by atoms with van der Waals surface area (Å²) in [5.74, 6) is -1.91. The van der Waals surface area contributed by atoms with E-state index in [4.69, 9.17) is 0 Å². The highest BCUT2D eigenvalue weighted by molar-refractivity contribution is 5.84. The van der Waals surface area contributed by atoms with Crippen LogP contribution in [0.15, 0.2) is 0 Å². The molecule has 0 aromatic carbocycles. The molecule has 0 radical (unpaired) electrons. The molecule has 0 heterocycles. The number of hydrogen-bond acceptors (Lipinski definition) is 1. The van der Waals surface area contributed by atoms with Crippen LogP contribution >= 0.6 is 0 Å². The van der Waals surface area contributed by atoms with Gasteiger partial charge in [0, 0.05) is 13.1 Å². The zero-order valence-corrected chi connectivity index (χ0v) is 12.4. The van der Waals surface area contributed by atoms with Gasteiger partial charge in [0.05, 0.1) is 0 Å². The quantitative estimate of drug-likeness (QED) is 0.630. The Labute approximate surface area is 120 Å². The van der Waals surface area contributed by atoms with Gasteiger partial charge in [-0.25, -0.2) is 0 Å². The second-order valence-corrected chi connectivity index (χ2v) is 5.12. The monoisotopic (exact) mass is 321 g/mol. The molecule has 0 unspecified atom stereocenters. The molecule has 0 aliphatic rings. The topological polar surface area (TPSA) is 20.3 Å². The Balaban J connectivity index is 5.50. The predicted molar refractivity (Wildman–Crippen MR) is 66.6 cm³/mol. The van der Waals surface area contributed by atoms with Gasteiger partial charge in [0.15, 0.2) is 0 Å². The number of halogens is 6. The van der Waals surface area contributed by atoms with Crippen molar-refractivity contribution in [3.63, 3.8) is 0 Å². The summed E-state index contributed by atoms with van der Waals surface area (Å²) in [5, 5.41) is 0. The summed E-state index contributed by atoms with van der Waals surface area (Å²) < 4.78 is 77.3. The second kappa shape index (κ2) is 7.35. The maximum atomic E-state index is 12.9. The molecule has 0 bridgehead atoms. The fourth-order valence-corrected chi connectivity index (χ4v) is 1.73. The van der Waals surface area contributed by atoms with E-state index in [1.54, 1.807) is 13.8 Å². The Morgan fingerprint density at radius 2 is 1.19 bits per heavy atom. The first-order valence-electron chi connectivity index (χ1n) is 6.86. The van der Waals surface area contributed by atoms with Crippen molar-refractivity contribution >= 4 is 5.91 Å². The molecular weight excluding hydrogens is 300 g/mol. The van der Waals surface area contributed by atoms with Crippen LogP contribution in [0.1, 0.15) is 46.5 Å². The van der Waals surface area contributed by atoms with Crippen LogP contribution in [0.3, 0.4) is 0 Å². The molecule has 21 heavy (non-hydrogen) atoms. The van der Waals surface area contributed by atoms with Gasteiger partial charge in [-0.1, -0.05) is 26.7 Å². The van der Waals surface area contributed by atoms with Crippen LogP contribution < -0.4 is 0 Å². The highest BCUT2D eigenvalue weighted by Gasteiger charge is 2.73. The van der Waals surface area contributed by atoms with E-state index in [2.05, 4.69) is 0 Å². The number of carbonyl (C=O) groups is 1. The molecule has 0 spiro atoms. The number of hydrogen-bond donors (Lipinski definition) is 0. The van der Waals surface area contributed by atoms with Crippen molar-refractivity contribution in [3.8, 4) is 0 Å². The second-order valence-electron chi connectivity index (χ2n) is 5.12. The van der Waals surface area contributed by atoms with Gasteiger partial charge in [-0.05, 0) is 19.8 Å². The van der Waals surface area contributed by atoms with Crippen molar-refractivity contribution in [3.05, 3.63) is 0 Å². The van der Waals surface area contributed by atoms with Crippen LogP contribution in [-0.2, 0) is 4.79 Å². The predicted octanol–water partition coefficient (Wildman–Crippen LogP) is 4.55. The number of nitrogens with zero attached hydrogens (tertiary/aromatic N) is 1. The number of alkyl halides is 6. The molecule has 0 fully saturated rings. The van der Waals surface area contributed by atoms with E-state index in [-0.39, 0.29) is 20.0 Å². The van der Waals surface area contributed by atoms with Gasteiger partial charge >= 0.3 is 12.4 Å². The highest BCUT2D eigenvalue weighted by Crippen LogP contribution is 2.51. The smallest absolute Gasteiger partial charge is 0.342 e. The van der Waals surface area contributed by atoms with Crippen molar-refractivity contribution in [2.24, 2.45) is 5.41 Å². The van der Waals surface area contributed by atoms with Gasteiger partial charge in [0.2, 0.25) is 11.3 Å². The third kappa shape index (κ3) is 4.51. The molecule has 0 aromatic heterocycles. The van der Waals surface area contributed by atoms with Gasteiger partial charge in [0.25, 0.3) is 0 Å². The Kier molecular flexibility index (Phi) is 7.02. The van der Waals surface area contributed by atoms with Gasteiger partial charge in [-0.15, -0.1) is 0 Å². The summed E-state index contributed by atoms with van der Waals surface area (Å²) in [6.45, 7) is 3.21. The fraction of sp³-hybridized carbons (Fsp3) is 0.923. The molecule has 0 aliphatic carbocycles. The molecule has 1 amide bonds. The van der Waals surface area contributed by atoms with Crippen LogP contribution in [0, 0.1) is 5.41 Å². The molecule has 0 saturated heterocycles. The fourth-order valence-electron chi connectivity index (χ4n) is 1.73. The zero-order valence-electron chi connectivity index (χ0n) is 12.4. The third-order valence-electron chi connectivity index (χ3n) is 3.41. The Bertz CT molecular complexity index is 315. The molecule has 0 saturated carbocycles. The van der Waals surface area contributed by atoms with E-state index in [0.717, 1.165) is 0 Å². The van der Waals surface area contributed by atoms with E-state index < -0.39 is 23.7 Å². The molecule has 0 aromatic rings. The first-order chi connectivity index (χ1) is 9.43. The van der Waals surface area contributed by atoms with Gasteiger partial charge < -0.3 is 4.90 Å². The summed E-state index contributed by atoms with van der Waals surface area (Å²) in [6.07, 6.45) is -9.49. The summed E-state index contributed by atoms with van der Waals surface area (Å²) in [5.41, 5.74) is -4.36. The Morgan fingerprint density at radius 3 is 1.43 bits per heavy atom. The molecule has 0 rings (SSSR count). The number of unbranched alkanes of at least 4 members (excludes halogenated alkanes) is 2. The molecule has 126 valence electrons. The Hall–Kier alpha value is -0.950. The van der Waals surface area contributed by atoms with Crippen molar-refractivity contribution < 1.29 is 31.1 Å². The molecule has 0 atom stereocenters. The summed E-state index contributed by atoms with van der Waals surface area (Å²) in [6, 6.07) is 0. The lowest BCUT2D eigenvalue weighted by Crippen LogP contribution is -2.58. The van der Waals surface area contributed by atoms with Crippen LogP contribution in [0.5, 0.6) is 0 Å². The van der Waals surface area contributed by atoms with E-state index in [0.29, 0.717) is 30.6 Å². The average molecular weight is 321 g/mol.